The van der Waals surface area contributed by atoms with Crippen molar-refractivity contribution in [1.29, 1.82) is 5.26 Å². The van der Waals surface area contributed by atoms with E-state index in [1.165, 1.54) is 6.07 Å². The summed E-state index contributed by atoms with van der Waals surface area (Å²) < 4.78 is 0. The van der Waals surface area contributed by atoms with Crippen LogP contribution in [0.1, 0.15) is 0 Å². The monoisotopic (exact) mass is 151 g/mol. The molecule has 0 saturated carbocycles. The molecule has 0 spiro atoms. The first-order chi connectivity index (χ1) is 3.68. The van der Waals surface area contributed by atoms with Gasteiger partial charge in [-0.2, -0.15) is 5.26 Å². The molecule has 5 heteroatoms. The third-order valence-electron chi connectivity index (χ3n) is 0.406. The van der Waals surface area contributed by atoms with Gasteiger partial charge in [-0.15, -0.1) is 0 Å². The minimum absolute atomic E-state index is 0. The minimum Gasteiger partial charge on any atom is -0.867 e. The van der Waals surface area contributed by atoms with E-state index in [0.717, 1.165) is 0 Å². The van der Waals surface area contributed by atoms with Crippen molar-refractivity contribution in [2.45, 2.75) is 0 Å². The Morgan fingerprint density at radius 1 is 1.78 bits per heavy atom. The van der Waals surface area contributed by atoms with Gasteiger partial charge in [0.05, 0.1) is 6.07 Å². The summed E-state index contributed by atoms with van der Waals surface area (Å²) in [6.45, 7) is 0. The molecule has 0 fully saturated rings. The number of hydrogen-bond donors (Lipinski definition) is 1. The number of allylic oxidation sites excluding steroid dienone is 1. The van der Waals surface area contributed by atoms with Crippen molar-refractivity contribution in [3.05, 3.63) is 11.8 Å². The van der Waals surface area contributed by atoms with Crippen LogP contribution in [0.5, 0.6) is 0 Å². The molecule has 0 rings (SSSR count). The van der Waals surface area contributed by atoms with E-state index in [0.29, 0.717) is 6.08 Å². The molecule has 0 heterocycles. The molecule has 0 aromatic heterocycles. The summed E-state index contributed by atoms with van der Waals surface area (Å²) in [5.74, 6) is -2.79. The predicted octanol–water partition coefficient (Wildman–Crippen LogP) is -4.16. The minimum atomic E-state index is -1.61. The average molecular weight is 151 g/mol. The second-order valence-electron chi connectivity index (χ2n) is 0.943. The largest absolute Gasteiger partial charge is 1.00 e. The molecule has 0 atom stereocenters. The van der Waals surface area contributed by atoms with Gasteiger partial charge >= 0.3 is 57.4 Å². The molecule has 4 nitrogen and oxygen atoms in total. The van der Waals surface area contributed by atoms with E-state index in [1.807, 2.05) is 0 Å². The predicted molar refractivity (Wildman–Crippen MR) is 21.3 cm³/mol. The van der Waals surface area contributed by atoms with Gasteiger partial charge < -0.3 is 10.2 Å². The van der Waals surface area contributed by atoms with Gasteiger partial charge in [-0.25, -0.2) is 4.79 Å². The Hall–Kier alpha value is 0.136. The van der Waals surface area contributed by atoms with Gasteiger partial charge in [0.15, 0.2) is 0 Å². The van der Waals surface area contributed by atoms with E-state index in [9.17, 15) is 9.90 Å². The first-order valence-electron chi connectivity index (χ1n) is 1.68. The summed E-state index contributed by atoms with van der Waals surface area (Å²) >= 11 is 0. The molecule has 0 bridgehead atoms. The molecule has 0 unspecified atom stereocenters. The fraction of sp³-hybridized carbons (Fsp3) is 0. The number of carbonyl (C=O) groups is 1. The van der Waals surface area contributed by atoms with Crippen LogP contribution in [0, 0.1) is 11.3 Å². The van der Waals surface area contributed by atoms with Crippen LogP contribution >= 0.6 is 0 Å². The molecule has 42 valence electrons. The molecular weight excluding hydrogens is 149 g/mol. The summed E-state index contributed by atoms with van der Waals surface area (Å²) in [6, 6.07) is 1.29. The number of carboxylic acid groups (broad SMARTS) is 1. The topological polar surface area (TPSA) is 84.1 Å². The van der Waals surface area contributed by atoms with Gasteiger partial charge in [0.25, 0.3) is 0 Å². The Morgan fingerprint density at radius 2 is 2.22 bits per heavy atom. The Kier molecular flexibility index (Phi) is 8.26. The van der Waals surface area contributed by atoms with Crippen molar-refractivity contribution in [2.75, 3.05) is 0 Å². The fourth-order valence-electron chi connectivity index (χ4n) is 0.120. The van der Waals surface area contributed by atoms with Gasteiger partial charge in [0.1, 0.15) is 0 Å². The molecule has 0 aliphatic rings. The second-order valence-corrected chi connectivity index (χ2v) is 0.943. The number of nitriles is 1. The van der Waals surface area contributed by atoms with Gasteiger partial charge in [-0.05, 0) is 5.76 Å². The van der Waals surface area contributed by atoms with Gasteiger partial charge in [-0.1, -0.05) is 0 Å². The van der Waals surface area contributed by atoms with E-state index < -0.39 is 11.7 Å². The molecule has 0 aromatic carbocycles. The van der Waals surface area contributed by atoms with Gasteiger partial charge in [0.2, 0.25) is 0 Å². The van der Waals surface area contributed by atoms with Gasteiger partial charge in [-0.3, -0.25) is 0 Å². The van der Waals surface area contributed by atoms with Crippen LogP contribution < -0.4 is 56.5 Å². The zero-order chi connectivity index (χ0) is 6.57. The summed E-state index contributed by atoms with van der Waals surface area (Å²) in [6.07, 6.45) is 0.433. The molecule has 0 saturated heterocycles. The van der Waals surface area contributed by atoms with Crippen LogP contribution in [0.15, 0.2) is 11.8 Å². The summed E-state index contributed by atoms with van der Waals surface area (Å²) in [4.78, 5) is 9.56. The van der Waals surface area contributed by atoms with Crippen molar-refractivity contribution >= 4 is 5.97 Å². The number of nitrogens with zero attached hydrogens (tertiary/aromatic N) is 1. The molecule has 0 aliphatic heterocycles. The fourth-order valence-corrected chi connectivity index (χ4v) is 0.120. The molecule has 9 heavy (non-hydrogen) atoms. The number of hydrogen-bond acceptors (Lipinski definition) is 3. The van der Waals surface area contributed by atoms with E-state index >= 15 is 0 Å². The molecular formula is C4H2KNO3. The second kappa shape index (κ2) is 6.26. The Bertz CT molecular complexity index is 169. The maximum Gasteiger partial charge on any atom is 1.00 e. The summed E-state index contributed by atoms with van der Waals surface area (Å²) in [7, 11) is 0. The molecule has 0 amide bonds. The Balaban J connectivity index is 0. The molecule has 0 radical (unpaired) electrons. The molecule has 1 N–H and O–H groups in total. The summed E-state index contributed by atoms with van der Waals surface area (Å²) in [5, 5.41) is 25.3. The van der Waals surface area contributed by atoms with Crippen LogP contribution in [0.4, 0.5) is 0 Å². The first-order valence-corrected chi connectivity index (χ1v) is 1.68. The SMILES string of the molecule is N#C/C=C(\[O-])C(=O)O.[K+]. The van der Waals surface area contributed by atoms with Crippen LogP contribution in [0.3, 0.4) is 0 Å². The van der Waals surface area contributed by atoms with Crippen molar-refractivity contribution in [3.8, 4) is 6.07 Å². The Morgan fingerprint density at radius 3 is 2.33 bits per heavy atom. The van der Waals surface area contributed by atoms with Crippen LogP contribution in [-0.2, 0) is 4.79 Å². The van der Waals surface area contributed by atoms with Crippen LogP contribution in [0.2, 0.25) is 0 Å². The van der Waals surface area contributed by atoms with Crippen molar-refractivity contribution in [1.82, 2.24) is 0 Å². The maximum absolute atomic E-state index is 9.87. The van der Waals surface area contributed by atoms with Crippen LogP contribution in [-0.4, -0.2) is 11.1 Å². The summed E-state index contributed by atoms with van der Waals surface area (Å²) in [5.41, 5.74) is 0. The Labute approximate surface area is 94.2 Å². The van der Waals surface area contributed by atoms with E-state index in [2.05, 4.69) is 0 Å². The van der Waals surface area contributed by atoms with E-state index in [4.69, 9.17) is 10.4 Å². The third-order valence-corrected chi connectivity index (χ3v) is 0.406. The van der Waals surface area contributed by atoms with E-state index in [-0.39, 0.29) is 51.4 Å². The smallest absolute Gasteiger partial charge is 0.867 e. The molecule has 0 aliphatic carbocycles. The van der Waals surface area contributed by atoms with Crippen molar-refractivity contribution in [3.63, 3.8) is 0 Å². The standard InChI is InChI=1S/C4H3NO3.K/c5-2-1-3(6)4(7)8;/h1,6H,(H,7,8);/q;+1/p-1/b3-1-;. The van der Waals surface area contributed by atoms with Crippen molar-refractivity contribution < 1.29 is 66.4 Å². The van der Waals surface area contributed by atoms with Gasteiger partial charge in [0, 0.05) is 6.08 Å². The first kappa shape index (κ1) is 11.9. The third kappa shape index (κ3) is 6.02. The quantitative estimate of drug-likeness (QED) is 0.178. The zero-order valence-electron chi connectivity index (χ0n) is 4.79. The normalized spacial score (nSPS) is 9.00. The van der Waals surface area contributed by atoms with Crippen LogP contribution in [0.25, 0.3) is 0 Å². The van der Waals surface area contributed by atoms with Crippen molar-refractivity contribution in [2.24, 2.45) is 0 Å². The number of carboxylic acids is 1. The number of rotatable bonds is 1. The maximum atomic E-state index is 9.87. The average Bonchev–Trinajstić information content (AvgIpc) is 1.67. The molecule has 0 aromatic rings. The van der Waals surface area contributed by atoms with E-state index in [1.54, 1.807) is 0 Å². The zero-order valence-corrected chi connectivity index (χ0v) is 7.91. The number of aliphatic carboxylic acids is 1.